The molecule has 0 saturated heterocycles. The van der Waals surface area contributed by atoms with E-state index in [4.69, 9.17) is 5.73 Å². The molecular weight excluding hydrogens is 192 g/mol. The highest BCUT2D eigenvalue weighted by Crippen LogP contribution is 2.29. The molecule has 2 rings (SSSR count). The molecule has 15 heavy (non-hydrogen) atoms. The smallest absolute Gasteiger partial charge is 0.225 e. The van der Waals surface area contributed by atoms with Gasteiger partial charge in [-0.05, 0) is 18.8 Å². The number of aryl methyl sites for hydroxylation is 1. The molecule has 0 radical (unpaired) electrons. The Kier molecular flexibility index (Phi) is 2.62. The number of aromatic nitrogens is 2. The highest BCUT2D eigenvalue weighted by Gasteiger charge is 2.21. The van der Waals surface area contributed by atoms with Crippen molar-refractivity contribution < 1.29 is 4.79 Å². The fourth-order valence-electron chi connectivity index (χ4n) is 1.75. The molecule has 5 nitrogen and oxygen atoms in total. The minimum Gasteiger partial charge on any atom is -0.394 e. The first-order valence-electron chi connectivity index (χ1n) is 5.24. The highest BCUT2D eigenvalue weighted by molar-refractivity contribution is 5.92. The molecular formula is C10H16N4O. The van der Waals surface area contributed by atoms with Crippen molar-refractivity contribution in [1.29, 1.82) is 0 Å². The van der Waals surface area contributed by atoms with Crippen molar-refractivity contribution in [1.82, 2.24) is 9.78 Å². The summed E-state index contributed by atoms with van der Waals surface area (Å²) in [6.45, 7) is 0. The standard InChI is InChI=1S/C10H16N4O/c1-14-10(8(11)6-12-14)13-9(15)5-7-3-2-4-7/h6-7H,2-5,11H2,1H3,(H,13,15). The predicted molar refractivity (Wildman–Crippen MR) is 58.2 cm³/mol. The molecule has 0 aromatic carbocycles. The third-order valence-electron chi connectivity index (χ3n) is 2.92. The Morgan fingerprint density at radius 2 is 2.47 bits per heavy atom. The van der Waals surface area contributed by atoms with Crippen molar-refractivity contribution in [2.24, 2.45) is 13.0 Å². The van der Waals surface area contributed by atoms with E-state index in [1.54, 1.807) is 17.9 Å². The number of rotatable bonds is 3. The summed E-state index contributed by atoms with van der Waals surface area (Å²) < 4.78 is 1.58. The maximum atomic E-state index is 11.6. The lowest BCUT2D eigenvalue weighted by Gasteiger charge is -2.24. The van der Waals surface area contributed by atoms with Gasteiger partial charge in [-0.2, -0.15) is 5.10 Å². The van der Waals surface area contributed by atoms with Gasteiger partial charge < -0.3 is 11.1 Å². The van der Waals surface area contributed by atoms with Crippen LogP contribution in [0.5, 0.6) is 0 Å². The summed E-state index contributed by atoms with van der Waals surface area (Å²) in [4.78, 5) is 11.6. The van der Waals surface area contributed by atoms with Crippen molar-refractivity contribution in [3.05, 3.63) is 6.20 Å². The summed E-state index contributed by atoms with van der Waals surface area (Å²) in [6, 6.07) is 0. The molecule has 82 valence electrons. The normalized spacial score (nSPS) is 16.1. The molecule has 3 N–H and O–H groups in total. The molecule has 0 atom stereocenters. The average molecular weight is 208 g/mol. The van der Waals surface area contributed by atoms with Gasteiger partial charge in [-0.1, -0.05) is 6.42 Å². The Balaban J connectivity index is 1.93. The van der Waals surface area contributed by atoms with E-state index >= 15 is 0 Å². The minimum atomic E-state index is 0.0370. The number of anilines is 2. The van der Waals surface area contributed by atoms with Crippen LogP contribution in [0.2, 0.25) is 0 Å². The van der Waals surface area contributed by atoms with Gasteiger partial charge in [0.2, 0.25) is 5.91 Å². The van der Waals surface area contributed by atoms with Crippen LogP contribution in [0.15, 0.2) is 6.20 Å². The SMILES string of the molecule is Cn1ncc(N)c1NC(=O)CC1CCC1. The monoisotopic (exact) mass is 208 g/mol. The number of nitrogens with zero attached hydrogens (tertiary/aromatic N) is 2. The molecule has 0 bridgehead atoms. The molecule has 1 aromatic rings. The predicted octanol–water partition coefficient (Wildman–Crippen LogP) is 1.13. The number of nitrogen functional groups attached to an aromatic ring is 1. The maximum absolute atomic E-state index is 11.6. The zero-order valence-electron chi connectivity index (χ0n) is 8.86. The molecule has 1 heterocycles. The van der Waals surface area contributed by atoms with Gasteiger partial charge in [0, 0.05) is 13.5 Å². The van der Waals surface area contributed by atoms with E-state index in [1.807, 2.05) is 0 Å². The average Bonchev–Trinajstić information content (AvgIpc) is 2.43. The summed E-state index contributed by atoms with van der Waals surface area (Å²) in [5.41, 5.74) is 6.18. The molecule has 1 aromatic heterocycles. The molecule has 1 aliphatic rings. The lowest BCUT2D eigenvalue weighted by Crippen LogP contribution is -2.22. The third-order valence-corrected chi connectivity index (χ3v) is 2.92. The number of hydrogen-bond acceptors (Lipinski definition) is 3. The molecule has 1 fully saturated rings. The summed E-state index contributed by atoms with van der Waals surface area (Å²) in [5.74, 6) is 1.20. The topological polar surface area (TPSA) is 72.9 Å². The van der Waals surface area contributed by atoms with Crippen LogP contribution >= 0.6 is 0 Å². The quantitative estimate of drug-likeness (QED) is 0.782. The van der Waals surface area contributed by atoms with E-state index in [9.17, 15) is 4.79 Å². The van der Waals surface area contributed by atoms with Gasteiger partial charge in [-0.15, -0.1) is 0 Å². The van der Waals surface area contributed by atoms with Crippen LogP contribution in [0.3, 0.4) is 0 Å². The first-order chi connectivity index (χ1) is 7.16. The van der Waals surface area contributed by atoms with Gasteiger partial charge >= 0.3 is 0 Å². The lowest BCUT2D eigenvalue weighted by molar-refractivity contribution is -0.117. The van der Waals surface area contributed by atoms with Crippen LogP contribution < -0.4 is 11.1 Å². The van der Waals surface area contributed by atoms with Gasteiger partial charge in [0.25, 0.3) is 0 Å². The van der Waals surface area contributed by atoms with Crippen LogP contribution in [-0.4, -0.2) is 15.7 Å². The Hall–Kier alpha value is -1.52. The van der Waals surface area contributed by atoms with Crippen molar-refractivity contribution >= 4 is 17.4 Å². The number of nitrogens with two attached hydrogens (primary N) is 1. The van der Waals surface area contributed by atoms with Crippen LogP contribution in [0.4, 0.5) is 11.5 Å². The van der Waals surface area contributed by atoms with E-state index in [0.29, 0.717) is 23.8 Å². The molecule has 1 saturated carbocycles. The first-order valence-corrected chi connectivity index (χ1v) is 5.24. The minimum absolute atomic E-state index is 0.0370. The van der Waals surface area contributed by atoms with Gasteiger partial charge in [-0.25, -0.2) is 0 Å². The highest BCUT2D eigenvalue weighted by atomic mass is 16.1. The fraction of sp³-hybridized carbons (Fsp3) is 0.600. The van der Waals surface area contributed by atoms with E-state index in [-0.39, 0.29) is 5.91 Å². The van der Waals surface area contributed by atoms with Gasteiger partial charge in [0.15, 0.2) is 5.82 Å². The van der Waals surface area contributed by atoms with E-state index in [2.05, 4.69) is 10.4 Å². The van der Waals surface area contributed by atoms with E-state index in [1.165, 1.54) is 19.3 Å². The van der Waals surface area contributed by atoms with Crippen LogP contribution in [0, 0.1) is 5.92 Å². The summed E-state index contributed by atoms with van der Waals surface area (Å²) in [6.07, 6.45) is 5.75. The zero-order valence-corrected chi connectivity index (χ0v) is 8.86. The second-order valence-corrected chi connectivity index (χ2v) is 4.12. The Bertz CT molecular complexity index is 348. The fourth-order valence-corrected chi connectivity index (χ4v) is 1.75. The number of amides is 1. The second-order valence-electron chi connectivity index (χ2n) is 4.12. The molecule has 5 heteroatoms. The van der Waals surface area contributed by atoms with Gasteiger partial charge in [0.1, 0.15) is 0 Å². The van der Waals surface area contributed by atoms with Crippen LogP contribution in [0.1, 0.15) is 25.7 Å². The lowest BCUT2D eigenvalue weighted by atomic mass is 9.83. The summed E-state index contributed by atoms with van der Waals surface area (Å²) in [7, 11) is 1.76. The second kappa shape index (κ2) is 3.92. The molecule has 0 unspecified atom stereocenters. The Morgan fingerprint density at radius 3 is 2.93 bits per heavy atom. The van der Waals surface area contributed by atoms with E-state index < -0.39 is 0 Å². The van der Waals surface area contributed by atoms with Crippen molar-refractivity contribution in [3.8, 4) is 0 Å². The Labute approximate surface area is 88.6 Å². The zero-order chi connectivity index (χ0) is 10.8. The van der Waals surface area contributed by atoms with Crippen LogP contribution in [0.25, 0.3) is 0 Å². The number of carbonyl (C=O) groups is 1. The maximum Gasteiger partial charge on any atom is 0.225 e. The molecule has 1 aliphatic carbocycles. The number of carbonyl (C=O) groups excluding carboxylic acids is 1. The van der Waals surface area contributed by atoms with Crippen molar-refractivity contribution in [3.63, 3.8) is 0 Å². The summed E-state index contributed by atoms with van der Waals surface area (Å²) in [5, 5.41) is 6.75. The molecule has 0 aliphatic heterocycles. The van der Waals surface area contributed by atoms with Gasteiger partial charge in [0.05, 0.1) is 11.9 Å². The third kappa shape index (κ3) is 2.11. The number of nitrogens with one attached hydrogen (secondary N) is 1. The largest absolute Gasteiger partial charge is 0.394 e. The van der Waals surface area contributed by atoms with Crippen LogP contribution in [-0.2, 0) is 11.8 Å². The Morgan fingerprint density at radius 1 is 1.73 bits per heavy atom. The number of hydrogen-bond donors (Lipinski definition) is 2. The van der Waals surface area contributed by atoms with Gasteiger partial charge in [-0.3, -0.25) is 9.48 Å². The van der Waals surface area contributed by atoms with Crippen molar-refractivity contribution in [2.75, 3.05) is 11.1 Å². The molecule has 1 amide bonds. The first kappa shape index (κ1) is 10.0. The molecule has 0 spiro atoms. The summed E-state index contributed by atoms with van der Waals surface area (Å²) >= 11 is 0. The van der Waals surface area contributed by atoms with E-state index in [0.717, 1.165) is 0 Å². The van der Waals surface area contributed by atoms with Crippen molar-refractivity contribution in [2.45, 2.75) is 25.7 Å².